The average Bonchev–Trinajstić information content (AvgIpc) is 3.25. The first kappa shape index (κ1) is 18.9. The quantitative estimate of drug-likeness (QED) is 0.631. The fourth-order valence-electron chi connectivity index (χ4n) is 2.80. The van der Waals surface area contributed by atoms with E-state index in [4.69, 9.17) is 4.42 Å². The summed E-state index contributed by atoms with van der Waals surface area (Å²) in [6, 6.07) is 3.92. The number of thiophene rings is 1. The molecule has 1 saturated heterocycles. The van der Waals surface area contributed by atoms with Gasteiger partial charge >= 0.3 is 0 Å². The minimum atomic E-state index is -3.08. The predicted octanol–water partition coefficient (Wildman–Crippen LogP) is 2.38. The summed E-state index contributed by atoms with van der Waals surface area (Å²) >= 11 is 1.57. The highest BCUT2D eigenvalue weighted by atomic mass is 32.2. The fraction of sp³-hybridized carbons (Fsp3) is 0.529. The van der Waals surface area contributed by atoms with Crippen molar-refractivity contribution in [2.24, 2.45) is 4.99 Å². The van der Waals surface area contributed by atoms with Gasteiger partial charge in [0, 0.05) is 19.6 Å². The SMILES string of the molecule is CCNC(=NCc1coc(-c2cccs2)n1)N1CCS(=O)(=O)C(C)(C)C1. The van der Waals surface area contributed by atoms with Crippen molar-refractivity contribution in [2.45, 2.75) is 32.1 Å². The highest BCUT2D eigenvalue weighted by molar-refractivity contribution is 7.92. The second kappa shape index (κ2) is 7.40. The van der Waals surface area contributed by atoms with E-state index in [0.29, 0.717) is 38.0 Å². The first-order valence-corrected chi connectivity index (χ1v) is 11.1. The second-order valence-electron chi connectivity index (χ2n) is 6.79. The van der Waals surface area contributed by atoms with Crippen molar-refractivity contribution in [3.8, 4) is 10.8 Å². The molecule has 1 aliphatic heterocycles. The molecule has 0 spiro atoms. The molecule has 3 rings (SSSR count). The maximum atomic E-state index is 12.2. The van der Waals surface area contributed by atoms with Crippen molar-refractivity contribution >= 4 is 27.1 Å². The summed E-state index contributed by atoms with van der Waals surface area (Å²) in [7, 11) is -3.08. The molecule has 0 aromatic carbocycles. The standard InChI is InChI=1S/C17H24N4O3S2/c1-4-18-16(21-7-9-26(22,23)17(2,3)12-21)19-10-13-11-24-15(20-13)14-6-5-8-25-14/h5-6,8,11H,4,7,9-10,12H2,1-3H3,(H,18,19). The largest absolute Gasteiger partial charge is 0.443 e. The van der Waals surface area contributed by atoms with Crippen LogP contribution in [-0.4, -0.2) is 54.4 Å². The lowest BCUT2D eigenvalue weighted by molar-refractivity contribution is 0.353. The molecule has 1 fully saturated rings. The van der Waals surface area contributed by atoms with Gasteiger partial charge in [0.25, 0.3) is 0 Å². The lowest BCUT2D eigenvalue weighted by Gasteiger charge is -2.39. The molecule has 2 aromatic heterocycles. The molecule has 0 aliphatic carbocycles. The Morgan fingerprint density at radius 3 is 2.96 bits per heavy atom. The van der Waals surface area contributed by atoms with E-state index in [1.54, 1.807) is 31.4 Å². The first-order valence-electron chi connectivity index (χ1n) is 8.56. The maximum absolute atomic E-state index is 12.2. The third-order valence-electron chi connectivity index (χ3n) is 4.35. The summed E-state index contributed by atoms with van der Waals surface area (Å²) < 4.78 is 29.2. The van der Waals surface area contributed by atoms with Crippen molar-refractivity contribution in [3.63, 3.8) is 0 Å². The van der Waals surface area contributed by atoms with Gasteiger partial charge in [0.15, 0.2) is 15.8 Å². The van der Waals surface area contributed by atoms with E-state index in [9.17, 15) is 8.42 Å². The summed E-state index contributed by atoms with van der Waals surface area (Å²) in [6.07, 6.45) is 1.62. The third-order valence-corrected chi connectivity index (χ3v) is 7.74. The molecule has 2 aromatic rings. The highest BCUT2D eigenvalue weighted by Gasteiger charge is 2.40. The monoisotopic (exact) mass is 396 g/mol. The molecule has 9 heteroatoms. The van der Waals surface area contributed by atoms with Crippen LogP contribution in [0.5, 0.6) is 0 Å². The van der Waals surface area contributed by atoms with Crippen LogP contribution in [0.15, 0.2) is 33.2 Å². The van der Waals surface area contributed by atoms with Crippen molar-refractivity contribution in [1.82, 2.24) is 15.2 Å². The van der Waals surface area contributed by atoms with E-state index in [2.05, 4.69) is 15.3 Å². The number of sulfone groups is 1. The Bertz CT molecular complexity index is 870. The Balaban J connectivity index is 1.74. The number of rotatable bonds is 4. The van der Waals surface area contributed by atoms with Gasteiger partial charge in [-0.1, -0.05) is 6.07 Å². The van der Waals surface area contributed by atoms with Gasteiger partial charge in [-0.25, -0.2) is 18.4 Å². The lowest BCUT2D eigenvalue weighted by atomic mass is 10.2. The van der Waals surface area contributed by atoms with Crippen LogP contribution in [-0.2, 0) is 16.4 Å². The molecule has 0 saturated carbocycles. The Kier molecular flexibility index (Phi) is 5.38. The minimum absolute atomic E-state index is 0.136. The van der Waals surface area contributed by atoms with Crippen molar-refractivity contribution in [2.75, 3.05) is 25.4 Å². The molecule has 0 amide bonds. The van der Waals surface area contributed by atoms with Crippen LogP contribution in [0.4, 0.5) is 0 Å². The second-order valence-corrected chi connectivity index (χ2v) is 10.5. The van der Waals surface area contributed by atoms with E-state index < -0.39 is 14.6 Å². The molecular formula is C17H24N4O3S2. The van der Waals surface area contributed by atoms with Gasteiger partial charge in [-0.05, 0) is 32.2 Å². The number of hydrogen-bond acceptors (Lipinski definition) is 6. The van der Waals surface area contributed by atoms with E-state index in [1.165, 1.54) is 0 Å². The fourth-order valence-corrected chi connectivity index (χ4v) is 4.82. The van der Waals surface area contributed by atoms with E-state index in [-0.39, 0.29) is 5.75 Å². The van der Waals surface area contributed by atoms with Gasteiger partial charge in [0.2, 0.25) is 5.89 Å². The number of oxazole rings is 1. The third kappa shape index (κ3) is 3.93. The molecule has 3 heterocycles. The first-order chi connectivity index (χ1) is 12.3. The minimum Gasteiger partial charge on any atom is -0.443 e. The van der Waals surface area contributed by atoms with Gasteiger partial charge in [0.1, 0.15) is 12.0 Å². The molecule has 0 bridgehead atoms. The van der Waals surface area contributed by atoms with Crippen molar-refractivity contribution in [3.05, 3.63) is 29.5 Å². The normalized spacial score (nSPS) is 19.5. The number of nitrogens with one attached hydrogen (secondary N) is 1. The summed E-state index contributed by atoms with van der Waals surface area (Å²) in [6.45, 7) is 7.47. The smallest absolute Gasteiger partial charge is 0.236 e. The summed E-state index contributed by atoms with van der Waals surface area (Å²) in [4.78, 5) is 12.1. The molecule has 0 atom stereocenters. The van der Waals surface area contributed by atoms with Gasteiger partial charge < -0.3 is 14.6 Å². The van der Waals surface area contributed by atoms with Gasteiger partial charge in [-0.3, -0.25) is 0 Å². The zero-order chi connectivity index (χ0) is 18.8. The average molecular weight is 397 g/mol. The van der Waals surface area contributed by atoms with Crippen LogP contribution in [0.2, 0.25) is 0 Å². The molecular weight excluding hydrogens is 372 g/mol. The summed E-state index contributed by atoms with van der Waals surface area (Å²) in [5, 5.41) is 5.23. The van der Waals surface area contributed by atoms with E-state index in [0.717, 1.165) is 10.6 Å². The lowest BCUT2D eigenvalue weighted by Crippen LogP contribution is -2.57. The molecule has 7 nitrogen and oxygen atoms in total. The summed E-state index contributed by atoms with van der Waals surface area (Å²) in [5.74, 6) is 1.44. The number of aliphatic imine (C=N–C) groups is 1. The predicted molar refractivity (Wildman–Crippen MR) is 104 cm³/mol. The van der Waals surface area contributed by atoms with Crippen molar-refractivity contribution < 1.29 is 12.8 Å². The van der Waals surface area contributed by atoms with Gasteiger partial charge in [-0.2, -0.15) is 0 Å². The highest BCUT2D eigenvalue weighted by Crippen LogP contribution is 2.25. The van der Waals surface area contributed by atoms with Crippen LogP contribution in [0.3, 0.4) is 0 Å². The summed E-state index contributed by atoms with van der Waals surface area (Å²) in [5.41, 5.74) is 0.743. The Labute approximate surface area is 158 Å². The van der Waals surface area contributed by atoms with Crippen molar-refractivity contribution in [1.29, 1.82) is 0 Å². The topological polar surface area (TPSA) is 87.8 Å². The Morgan fingerprint density at radius 1 is 1.50 bits per heavy atom. The van der Waals surface area contributed by atoms with Crippen LogP contribution in [0.1, 0.15) is 26.5 Å². The van der Waals surface area contributed by atoms with E-state index >= 15 is 0 Å². The Hall–Kier alpha value is -1.87. The zero-order valence-corrected chi connectivity index (χ0v) is 16.9. The maximum Gasteiger partial charge on any atom is 0.236 e. The number of nitrogens with zero attached hydrogens (tertiary/aromatic N) is 3. The van der Waals surface area contributed by atoms with Crippen LogP contribution >= 0.6 is 11.3 Å². The zero-order valence-electron chi connectivity index (χ0n) is 15.2. The molecule has 0 unspecified atom stereocenters. The Morgan fingerprint density at radius 2 is 2.31 bits per heavy atom. The van der Waals surface area contributed by atoms with Crippen LogP contribution < -0.4 is 5.32 Å². The van der Waals surface area contributed by atoms with Gasteiger partial charge in [-0.15, -0.1) is 11.3 Å². The molecule has 26 heavy (non-hydrogen) atoms. The molecule has 1 aliphatic rings. The number of aromatic nitrogens is 1. The van der Waals surface area contributed by atoms with E-state index in [1.807, 2.05) is 29.3 Å². The van der Waals surface area contributed by atoms with Crippen LogP contribution in [0.25, 0.3) is 10.8 Å². The van der Waals surface area contributed by atoms with Gasteiger partial charge in [0.05, 0.1) is 21.9 Å². The molecule has 0 radical (unpaired) electrons. The number of guanidine groups is 1. The molecule has 1 N–H and O–H groups in total. The van der Waals surface area contributed by atoms with Crippen LogP contribution in [0, 0.1) is 0 Å². The molecule has 142 valence electrons. The number of hydrogen-bond donors (Lipinski definition) is 1.